The first-order valence-electron chi connectivity index (χ1n) is 10.5. The fourth-order valence-corrected chi connectivity index (χ4v) is 5.31. The van der Waals surface area contributed by atoms with Crippen molar-refractivity contribution in [2.24, 2.45) is 11.3 Å². The summed E-state index contributed by atoms with van der Waals surface area (Å²) < 4.78 is 5.24. The van der Waals surface area contributed by atoms with Crippen LogP contribution in [0.1, 0.15) is 22.6 Å². The summed E-state index contributed by atoms with van der Waals surface area (Å²) in [7, 11) is 4.28. The van der Waals surface area contributed by atoms with Gasteiger partial charge in [-0.25, -0.2) is 0 Å². The Morgan fingerprint density at radius 1 is 1.21 bits per heavy atom. The minimum atomic E-state index is 0.146. The van der Waals surface area contributed by atoms with Crippen LogP contribution in [0.15, 0.2) is 34.9 Å². The number of aromatic nitrogens is 1. The van der Waals surface area contributed by atoms with Crippen LogP contribution in [-0.4, -0.2) is 72.6 Å². The van der Waals surface area contributed by atoms with Crippen LogP contribution in [0.2, 0.25) is 0 Å². The molecule has 0 spiro atoms. The van der Waals surface area contributed by atoms with Gasteiger partial charge in [0.1, 0.15) is 5.76 Å². The summed E-state index contributed by atoms with van der Waals surface area (Å²) in [5, 5.41) is 4.00. The summed E-state index contributed by atoms with van der Waals surface area (Å²) in [4.78, 5) is 20.0. The lowest BCUT2D eigenvalue weighted by molar-refractivity contribution is -0.130. The molecule has 0 aliphatic carbocycles. The van der Waals surface area contributed by atoms with Gasteiger partial charge < -0.3 is 14.3 Å². The monoisotopic (exact) mass is 396 g/mol. The molecule has 4 rings (SSSR count). The summed E-state index contributed by atoms with van der Waals surface area (Å²) >= 11 is 0. The molecule has 2 atom stereocenters. The third-order valence-electron chi connectivity index (χ3n) is 6.57. The van der Waals surface area contributed by atoms with Crippen molar-refractivity contribution in [1.82, 2.24) is 19.9 Å². The van der Waals surface area contributed by atoms with E-state index in [9.17, 15) is 4.79 Å². The maximum absolute atomic E-state index is 13.1. The Morgan fingerprint density at radius 3 is 2.62 bits per heavy atom. The van der Waals surface area contributed by atoms with Gasteiger partial charge in [0.15, 0.2) is 0 Å². The molecule has 0 N–H and O–H groups in total. The number of amides is 1. The topological polar surface area (TPSA) is 52.8 Å². The molecule has 1 amide bonds. The number of hydrogen-bond donors (Lipinski definition) is 0. The summed E-state index contributed by atoms with van der Waals surface area (Å²) in [5.41, 5.74) is 3.28. The number of rotatable bonds is 6. The highest BCUT2D eigenvalue weighted by Gasteiger charge is 2.53. The zero-order chi connectivity index (χ0) is 20.6. The maximum Gasteiger partial charge on any atom is 0.227 e. The molecule has 1 aromatic heterocycles. The summed E-state index contributed by atoms with van der Waals surface area (Å²) in [6, 6.07) is 10.7. The molecule has 2 aliphatic heterocycles. The lowest BCUT2D eigenvalue weighted by atomic mass is 9.80. The Morgan fingerprint density at radius 2 is 1.97 bits per heavy atom. The Balaban J connectivity index is 1.46. The number of carbonyl (C=O) groups is 1. The Hall–Kier alpha value is -2.18. The average Bonchev–Trinajstić information content (AvgIpc) is 3.27. The second kappa shape index (κ2) is 7.92. The normalized spacial score (nSPS) is 24.4. The van der Waals surface area contributed by atoms with E-state index in [1.54, 1.807) is 0 Å². The van der Waals surface area contributed by atoms with E-state index in [0.717, 1.165) is 56.3 Å². The van der Waals surface area contributed by atoms with E-state index >= 15 is 0 Å². The zero-order valence-electron chi connectivity index (χ0n) is 18.0. The number of nitrogens with zero attached hydrogens (tertiary/aromatic N) is 4. The molecule has 6 heteroatoms. The van der Waals surface area contributed by atoms with Gasteiger partial charge >= 0.3 is 0 Å². The molecule has 0 radical (unpaired) electrons. The van der Waals surface area contributed by atoms with Crippen molar-refractivity contribution in [3.8, 4) is 0 Å². The molecule has 156 valence electrons. The van der Waals surface area contributed by atoms with E-state index in [1.165, 1.54) is 5.56 Å². The fraction of sp³-hybridized carbons (Fsp3) is 0.565. The Labute approximate surface area is 173 Å². The van der Waals surface area contributed by atoms with Crippen LogP contribution in [0.3, 0.4) is 0 Å². The standard InChI is InChI=1S/C23H32N4O2/c1-17-21(18(2)29-24-17)10-22(28)27-13-20-12-26(11-19-8-6-5-7-9-19)15-23(20,16-27)14-25(3)4/h5-9,20H,10-16H2,1-4H3/t20-,23+/m1/s1. The van der Waals surface area contributed by atoms with Crippen LogP contribution in [0.4, 0.5) is 0 Å². The fourth-order valence-electron chi connectivity index (χ4n) is 5.31. The molecule has 2 aliphatic rings. The van der Waals surface area contributed by atoms with Gasteiger partial charge in [0.05, 0.1) is 12.1 Å². The summed E-state index contributed by atoms with van der Waals surface area (Å²) in [5.74, 6) is 1.47. The van der Waals surface area contributed by atoms with Crippen molar-refractivity contribution in [2.75, 3.05) is 46.8 Å². The van der Waals surface area contributed by atoms with Gasteiger partial charge in [-0.05, 0) is 39.4 Å². The zero-order valence-corrected chi connectivity index (χ0v) is 18.0. The number of aryl methyl sites for hydroxylation is 2. The lowest BCUT2D eigenvalue weighted by Crippen LogP contribution is -2.43. The molecule has 0 bridgehead atoms. The van der Waals surface area contributed by atoms with Crippen LogP contribution in [0.5, 0.6) is 0 Å². The second-order valence-corrected chi connectivity index (χ2v) is 9.21. The molecule has 3 heterocycles. The van der Waals surface area contributed by atoms with Crippen molar-refractivity contribution in [3.63, 3.8) is 0 Å². The van der Waals surface area contributed by atoms with Crippen molar-refractivity contribution in [1.29, 1.82) is 0 Å². The van der Waals surface area contributed by atoms with Crippen LogP contribution >= 0.6 is 0 Å². The Bertz CT molecular complexity index is 844. The van der Waals surface area contributed by atoms with Crippen LogP contribution < -0.4 is 0 Å². The number of hydrogen-bond acceptors (Lipinski definition) is 5. The smallest absolute Gasteiger partial charge is 0.227 e. The molecule has 6 nitrogen and oxygen atoms in total. The van der Waals surface area contributed by atoms with Crippen molar-refractivity contribution in [3.05, 3.63) is 52.9 Å². The molecule has 2 fully saturated rings. The van der Waals surface area contributed by atoms with E-state index in [-0.39, 0.29) is 11.3 Å². The predicted molar refractivity (Wildman–Crippen MR) is 112 cm³/mol. The Kier molecular flexibility index (Phi) is 5.49. The van der Waals surface area contributed by atoms with E-state index in [4.69, 9.17) is 4.52 Å². The molecule has 0 saturated carbocycles. The van der Waals surface area contributed by atoms with Crippen LogP contribution in [-0.2, 0) is 17.8 Å². The quantitative estimate of drug-likeness (QED) is 0.750. The van der Waals surface area contributed by atoms with Gasteiger partial charge in [-0.15, -0.1) is 0 Å². The first-order valence-corrected chi connectivity index (χ1v) is 10.5. The SMILES string of the molecule is Cc1noc(C)c1CC(=O)N1C[C@H]2CN(Cc3ccccc3)C[C@@]2(CN(C)C)C1. The second-order valence-electron chi connectivity index (χ2n) is 9.21. The van der Waals surface area contributed by atoms with E-state index in [0.29, 0.717) is 12.3 Å². The highest BCUT2D eigenvalue weighted by molar-refractivity contribution is 5.79. The van der Waals surface area contributed by atoms with Gasteiger partial charge in [0.2, 0.25) is 5.91 Å². The summed E-state index contributed by atoms with van der Waals surface area (Å²) in [6.07, 6.45) is 0.389. The first kappa shape index (κ1) is 20.1. The van der Waals surface area contributed by atoms with Gasteiger partial charge in [-0.2, -0.15) is 0 Å². The van der Waals surface area contributed by atoms with Gasteiger partial charge in [0.25, 0.3) is 0 Å². The van der Waals surface area contributed by atoms with Crippen molar-refractivity contribution in [2.45, 2.75) is 26.8 Å². The highest BCUT2D eigenvalue weighted by Crippen LogP contribution is 2.43. The lowest BCUT2D eigenvalue weighted by Gasteiger charge is -2.32. The average molecular weight is 397 g/mol. The highest BCUT2D eigenvalue weighted by atomic mass is 16.5. The van der Waals surface area contributed by atoms with Crippen LogP contribution in [0.25, 0.3) is 0 Å². The maximum atomic E-state index is 13.1. The molecular formula is C23H32N4O2. The predicted octanol–water partition coefficient (Wildman–Crippen LogP) is 2.36. The van der Waals surface area contributed by atoms with E-state index in [2.05, 4.69) is 64.3 Å². The van der Waals surface area contributed by atoms with Gasteiger partial charge in [-0.1, -0.05) is 35.5 Å². The number of carbonyl (C=O) groups excluding carboxylic acids is 1. The number of benzene rings is 1. The minimum absolute atomic E-state index is 0.146. The largest absolute Gasteiger partial charge is 0.361 e. The molecule has 2 aromatic rings. The van der Waals surface area contributed by atoms with Gasteiger partial charge in [0, 0.05) is 50.2 Å². The molecule has 29 heavy (non-hydrogen) atoms. The minimum Gasteiger partial charge on any atom is -0.361 e. The molecular weight excluding hydrogens is 364 g/mol. The molecule has 0 unspecified atom stereocenters. The number of fused-ring (bicyclic) bond motifs is 1. The van der Waals surface area contributed by atoms with E-state index in [1.807, 2.05) is 13.8 Å². The third kappa shape index (κ3) is 4.09. The molecule has 1 aromatic carbocycles. The van der Waals surface area contributed by atoms with Crippen molar-refractivity contribution >= 4 is 5.91 Å². The van der Waals surface area contributed by atoms with Crippen molar-refractivity contribution < 1.29 is 9.32 Å². The van der Waals surface area contributed by atoms with E-state index < -0.39 is 0 Å². The summed E-state index contributed by atoms with van der Waals surface area (Å²) in [6.45, 7) is 9.57. The first-order chi connectivity index (χ1) is 13.9. The molecule has 2 saturated heterocycles. The van der Waals surface area contributed by atoms with Crippen LogP contribution in [0, 0.1) is 25.2 Å². The third-order valence-corrected chi connectivity index (χ3v) is 6.57. The van der Waals surface area contributed by atoms with Gasteiger partial charge in [-0.3, -0.25) is 9.69 Å². The number of likely N-dealkylation sites (tertiary alicyclic amines) is 2.